The normalized spacial score (nSPS) is 12.8. The van der Waals surface area contributed by atoms with E-state index >= 15 is 0 Å². The largest absolute Gasteiger partial charge is 0.497 e. The highest BCUT2D eigenvalue weighted by Crippen LogP contribution is 2.18. The van der Waals surface area contributed by atoms with Crippen LogP contribution < -0.4 is 4.74 Å². The number of hydrogen-bond donors (Lipinski definition) is 1. The van der Waals surface area contributed by atoms with Crippen molar-refractivity contribution < 1.29 is 23.1 Å². The molecule has 1 atom stereocenters. The van der Waals surface area contributed by atoms with E-state index in [1.807, 2.05) is 0 Å². The van der Waals surface area contributed by atoms with Gasteiger partial charge in [-0.05, 0) is 29.7 Å². The Balaban J connectivity index is 2.18. The Kier molecular flexibility index (Phi) is 6.17. The van der Waals surface area contributed by atoms with Gasteiger partial charge < -0.3 is 9.84 Å². The minimum atomic E-state index is -3.76. The SMILES string of the molecule is COc1ccc(C[C@@H](C(=O)O)N(C)S(=O)(=O)Cc2ccccc2)cc1. The topological polar surface area (TPSA) is 83.9 Å². The summed E-state index contributed by atoms with van der Waals surface area (Å²) in [4.78, 5) is 11.6. The summed E-state index contributed by atoms with van der Waals surface area (Å²) in [5, 5.41) is 9.50. The number of hydrogen-bond acceptors (Lipinski definition) is 4. The van der Waals surface area contributed by atoms with Crippen LogP contribution in [-0.2, 0) is 27.0 Å². The van der Waals surface area contributed by atoms with Gasteiger partial charge in [0.2, 0.25) is 10.0 Å². The molecule has 6 nitrogen and oxygen atoms in total. The highest BCUT2D eigenvalue weighted by atomic mass is 32.2. The average Bonchev–Trinajstić information content (AvgIpc) is 2.60. The molecule has 0 aliphatic rings. The monoisotopic (exact) mass is 363 g/mol. The molecule has 0 aliphatic carbocycles. The molecule has 0 unspecified atom stereocenters. The lowest BCUT2D eigenvalue weighted by Gasteiger charge is -2.24. The zero-order chi connectivity index (χ0) is 18.4. The number of aliphatic carboxylic acids is 1. The Morgan fingerprint density at radius 3 is 2.20 bits per heavy atom. The van der Waals surface area contributed by atoms with Crippen molar-refractivity contribution in [3.8, 4) is 5.75 Å². The van der Waals surface area contributed by atoms with Gasteiger partial charge in [-0.3, -0.25) is 4.79 Å². The molecule has 0 aliphatic heterocycles. The van der Waals surface area contributed by atoms with E-state index in [1.54, 1.807) is 61.7 Å². The number of nitrogens with zero attached hydrogens (tertiary/aromatic N) is 1. The van der Waals surface area contributed by atoms with Crippen LogP contribution in [0.2, 0.25) is 0 Å². The molecule has 0 saturated heterocycles. The summed E-state index contributed by atoms with van der Waals surface area (Å²) in [6, 6.07) is 14.4. The summed E-state index contributed by atoms with van der Waals surface area (Å²) in [5.74, 6) is -0.771. The number of sulfonamides is 1. The van der Waals surface area contributed by atoms with Crippen molar-refractivity contribution in [2.45, 2.75) is 18.2 Å². The van der Waals surface area contributed by atoms with Gasteiger partial charge in [-0.25, -0.2) is 8.42 Å². The number of ether oxygens (including phenoxy) is 1. The minimum Gasteiger partial charge on any atom is -0.497 e. The molecule has 2 rings (SSSR count). The Labute approximate surface area is 147 Å². The van der Waals surface area contributed by atoms with Gasteiger partial charge in [0, 0.05) is 7.05 Å². The molecule has 134 valence electrons. The van der Waals surface area contributed by atoms with Crippen LogP contribution in [0, 0.1) is 0 Å². The lowest BCUT2D eigenvalue weighted by molar-refractivity contribution is -0.141. The number of methoxy groups -OCH3 is 1. The molecule has 2 aromatic carbocycles. The first-order valence-electron chi connectivity index (χ1n) is 7.69. The summed E-state index contributed by atoms with van der Waals surface area (Å²) in [6.45, 7) is 0. The Morgan fingerprint density at radius 2 is 1.68 bits per heavy atom. The molecule has 7 heteroatoms. The van der Waals surface area contributed by atoms with E-state index in [2.05, 4.69) is 0 Å². The molecular formula is C18H21NO5S. The van der Waals surface area contributed by atoms with E-state index < -0.39 is 22.0 Å². The number of benzene rings is 2. The molecule has 0 bridgehead atoms. The van der Waals surface area contributed by atoms with Gasteiger partial charge >= 0.3 is 5.97 Å². The van der Waals surface area contributed by atoms with Gasteiger partial charge in [-0.2, -0.15) is 4.31 Å². The molecular weight excluding hydrogens is 342 g/mol. The molecule has 0 radical (unpaired) electrons. The maximum Gasteiger partial charge on any atom is 0.322 e. The first kappa shape index (κ1) is 19.0. The first-order chi connectivity index (χ1) is 11.8. The zero-order valence-electron chi connectivity index (χ0n) is 14.1. The lowest BCUT2D eigenvalue weighted by atomic mass is 10.1. The van der Waals surface area contributed by atoms with Crippen molar-refractivity contribution in [1.82, 2.24) is 4.31 Å². The highest BCUT2D eigenvalue weighted by Gasteiger charge is 2.31. The van der Waals surface area contributed by atoms with Crippen LogP contribution in [0.1, 0.15) is 11.1 Å². The Morgan fingerprint density at radius 1 is 1.08 bits per heavy atom. The molecule has 0 saturated carbocycles. The second-order valence-electron chi connectivity index (χ2n) is 5.66. The van der Waals surface area contributed by atoms with Gasteiger partial charge in [0.25, 0.3) is 0 Å². The quantitative estimate of drug-likeness (QED) is 0.777. The van der Waals surface area contributed by atoms with E-state index in [0.29, 0.717) is 11.3 Å². The highest BCUT2D eigenvalue weighted by molar-refractivity contribution is 7.88. The predicted molar refractivity (Wildman–Crippen MR) is 95.0 cm³/mol. The summed E-state index contributed by atoms with van der Waals surface area (Å²) in [5.41, 5.74) is 1.33. The average molecular weight is 363 g/mol. The zero-order valence-corrected chi connectivity index (χ0v) is 14.9. The molecule has 0 amide bonds. The van der Waals surface area contributed by atoms with Crippen LogP contribution in [0.25, 0.3) is 0 Å². The van der Waals surface area contributed by atoms with Gasteiger partial charge in [0.05, 0.1) is 12.9 Å². The number of carbonyl (C=O) groups is 1. The smallest absolute Gasteiger partial charge is 0.322 e. The maximum atomic E-state index is 12.6. The number of likely N-dealkylation sites (N-methyl/N-ethyl adjacent to an activating group) is 1. The fraction of sp³-hybridized carbons (Fsp3) is 0.278. The number of rotatable bonds is 8. The molecule has 25 heavy (non-hydrogen) atoms. The molecule has 0 spiro atoms. The van der Waals surface area contributed by atoms with E-state index in [9.17, 15) is 18.3 Å². The molecule has 2 aromatic rings. The van der Waals surface area contributed by atoms with E-state index in [4.69, 9.17) is 4.74 Å². The molecule has 0 aromatic heterocycles. The molecule has 1 N–H and O–H groups in total. The first-order valence-corrected chi connectivity index (χ1v) is 9.30. The fourth-order valence-electron chi connectivity index (χ4n) is 2.44. The standard InChI is InChI=1S/C18H21NO5S/c1-19(25(22,23)13-15-6-4-3-5-7-15)17(18(20)21)12-14-8-10-16(24-2)11-9-14/h3-11,17H,12-13H2,1-2H3,(H,20,21)/t17-/m0/s1. The van der Waals surface area contributed by atoms with E-state index in [-0.39, 0.29) is 12.2 Å². The summed E-state index contributed by atoms with van der Waals surface area (Å²) < 4.78 is 31.2. The second kappa shape index (κ2) is 8.13. The lowest BCUT2D eigenvalue weighted by Crippen LogP contribution is -2.44. The minimum absolute atomic E-state index is 0.0733. The van der Waals surface area contributed by atoms with Crippen molar-refractivity contribution in [3.05, 3.63) is 65.7 Å². The van der Waals surface area contributed by atoms with Crippen molar-refractivity contribution in [2.24, 2.45) is 0 Å². The van der Waals surface area contributed by atoms with Crippen LogP contribution in [0.4, 0.5) is 0 Å². The maximum absolute atomic E-state index is 12.6. The van der Waals surface area contributed by atoms with Crippen LogP contribution in [0.5, 0.6) is 5.75 Å². The third-order valence-corrected chi connectivity index (χ3v) is 5.77. The summed E-state index contributed by atoms with van der Waals surface area (Å²) in [6.07, 6.45) is 0.0733. The van der Waals surface area contributed by atoms with Crippen molar-refractivity contribution >= 4 is 16.0 Å². The Hall–Kier alpha value is -2.38. The van der Waals surface area contributed by atoms with Crippen molar-refractivity contribution in [3.63, 3.8) is 0 Å². The van der Waals surface area contributed by atoms with Gasteiger partial charge in [0.1, 0.15) is 11.8 Å². The molecule has 0 fully saturated rings. The van der Waals surface area contributed by atoms with E-state index in [0.717, 1.165) is 9.87 Å². The third kappa shape index (κ3) is 5.04. The summed E-state index contributed by atoms with van der Waals surface area (Å²) in [7, 11) is -0.916. The van der Waals surface area contributed by atoms with Crippen LogP contribution in [-0.4, -0.2) is 44.0 Å². The van der Waals surface area contributed by atoms with Gasteiger partial charge in [-0.1, -0.05) is 42.5 Å². The Bertz CT molecular complexity index is 803. The third-order valence-electron chi connectivity index (χ3n) is 3.94. The van der Waals surface area contributed by atoms with Crippen molar-refractivity contribution in [1.29, 1.82) is 0 Å². The summed E-state index contributed by atoms with van der Waals surface area (Å²) >= 11 is 0. The molecule has 0 heterocycles. The number of carboxylic acid groups (broad SMARTS) is 1. The predicted octanol–water partition coefficient (Wildman–Crippen LogP) is 2.15. The number of carboxylic acids is 1. The van der Waals surface area contributed by atoms with Crippen LogP contribution in [0.15, 0.2) is 54.6 Å². The van der Waals surface area contributed by atoms with Gasteiger partial charge in [-0.15, -0.1) is 0 Å². The van der Waals surface area contributed by atoms with Gasteiger partial charge in [0.15, 0.2) is 0 Å². The van der Waals surface area contributed by atoms with Crippen molar-refractivity contribution in [2.75, 3.05) is 14.2 Å². The second-order valence-corrected chi connectivity index (χ2v) is 7.69. The van der Waals surface area contributed by atoms with Crippen LogP contribution in [0.3, 0.4) is 0 Å². The fourth-order valence-corrected chi connectivity index (χ4v) is 3.81. The van der Waals surface area contributed by atoms with Crippen LogP contribution >= 0.6 is 0 Å². The van der Waals surface area contributed by atoms with E-state index in [1.165, 1.54) is 7.05 Å².